The van der Waals surface area contributed by atoms with E-state index in [1.165, 1.54) is 54.3 Å². The van der Waals surface area contributed by atoms with Crippen molar-refractivity contribution in [2.75, 3.05) is 72.1 Å². The van der Waals surface area contributed by atoms with E-state index in [9.17, 15) is 51.6 Å². The van der Waals surface area contributed by atoms with Crippen molar-refractivity contribution in [3.63, 3.8) is 0 Å². The maximum absolute atomic E-state index is 14.4. The maximum Gasteiger partial charge on any atom is 0.312 e. The van der Waals surface area contributed by atoms with E-state index in [1.54, 1.807) is 27.9 Å². The number of benzene rings is 2. The minimum absolute atomic E-state index is 0.00279. The largest absolute Gasteiger partial charge is 0.379 e. The monoisotopic (exact) mass is 1170 g/mol. The van der Waals surface area contributed by atoms with Gasteiger partial charge in [-0.1, -0.05) is 98.7 Å². The van der Waals surface area contributed by atoms with Crippen molar-refractivity contribution in [1.29, 1.82) is 0 Å². The molecule has 5 unspecified atom stereocenters. The first-order chi connectivity index (χ1) is 38.4. The molecule has 1 aliphatic heterocycles. The number of sulfonamides is 1. The summed E-state index contributed by atoms with van der Waals surface area (Å²) in [6.07, 6.45) is 4.03. The topological polar surface area (TPSA) is 332 Å². The van der Waals surface area contributed by atoms with Crippen LogP contribution in [0.3, 0.4) is 0 Å². The molecule has 3 rings (SSSR count). The maximum atomic E-state index is 14.4. The molecule has 0 aromatic heterocycles. The first kappa shape index (κ1) is 69.2. The number of urea groups is 1. The number of likely N-dealkylation sites (N-methyl/N-ethyl adjacent to an activating group) is 2. The summed E-state index contributed by atoms with van der Waals surface area (Å²) in [6, 6.07) is 9.01. The molecular formula is C57H86N10O14S. The molecule has 0 saturated carbocycles. The summed E-state index contributed by atoms with van der Waals surface area (Å²) in [7, 11) is -1.24. The lowest BCUT2D eigenvalue weighted by Crippen LogP contribution is -2.61. The normalized spacial score (nSPS) is 14.9. The third kappa shape index (κ3) is 21.7. The number of rotatable bonds is 34. The molecule has 0 fully saturated rings. The van der Waals surface area contributed by atoms with Crippen LogP contribution < -0.4 is 42.4 Å². The molecule has 0 spiro atoms. The lowest BCUT2D eigenvalue weighted by Gasteiger charge is -2.40. The number of nitrogens with two attached hydrogens (primary N) is 1. The molecular weight excluding hydrogens is 1080 g/mol. The van der Waals surface area contributed by atoms with E-state index in [0.29, 0.717) is 0 Å². The SMILES string of the molecule is CNC(C(=O)NC(C(=O)N(C)C(C=C(C)C(=O)NS(=O)(=O)c1ccc(NC(=O)C(CCCNC(N)=O)NC(=O)C(NC(=O)CCOCCOCCOCCN2C(=O)C=CC2=O)C(C)C)cc1)C(C)C)C(C)(C)C)C(C)(C)c1ccccc1. The predicted octanol–water partition coefficient (Wildman–Crippen LogP) is 2.40. The molecule has 5 atom stereocenters. The zero-order chi connectivity index (χ0) is 61.5. The molecule has 10 amide bonds. The summed E-state index contributed by atoms with van der Waals surface area (Å²) in [5.74, 6) is -5.07. The highest BCUT2D eigenvalue weighted by Gasteiger charge is 2.42. The Kier molecular flexibility index (Phi) is 27.5. The highest BCUT2D eigenvalue weighted by atomic mass is 32.2. The second kappa shape index (κ2) is 32.5. The third-order valence-corrected chi connectivity index (χ3v) is 14.9. The van der Waals surface area contributed by atoms with Gasteiger partial charge in [0.15, 0.2) is 0 Å². The van der Waals surface area contributed by atoms with E-state index in [1.807, 2.05) is 78.8 Å². The zero-order valence-corrected chi connectivity index (χ0v) is 50.2. The number of hydrogen-bond acceptors (Lipinski definition) is 15. The van der Waals surface area contributed by atoms with Crippen LogP contribution in [-0.4, -0.2) is 169 Å². The number of hydrogen-bond donors (Lipinski definition) is 8. The number of anilines is 1. The van der Waals surface area contributed by atoms with Gasteiger partial charge in [0, 0.05) is 48.8 Å². The molecule has 0 aliphatic carbocycles. The molecule has 1 aliphatic rings. The smallest absolute Gasteiger partial charge is 0.312 e. The van der Waals surface area contributed by atoms with E-state index < -0.39 is 92.5 Å². The van der Waals surface area contributed by atoms with Gasteiger partial charge >= 0.3 is 6.03 Å². The summed E-state index contributed by atoms with van der Waals surface area (Å²) in [4.78, 5) is 119. The van der Waals surface area contributed by atoms with Crippen molar-refractivity contribution in [1.82, 2.24) is 41.1 Å². The first-order valence-electron chi connectivity index (χ1n) is 27.3. The van der Waals surface area contributed by atoms with E-state index in [0.717, 1.165) is 10.5 Å². The number of nitrogens with zero attached hydrogens (tertiary/aromatic N) is 2. The van der Waals surface area contributed by atoms with Crippen LogP contribution in [0.4, 0.5) is 10.5 Å². The quantitative estimate of drug-likeness (QED) is 0.0283. The van der Waals surface area contributed by atoms with Gasteiger partial charge in [0.1, 0.15) is 18.1 Å². The van der Waals surface area contributed by atoms with Crippen LogP contribution in [0.2, 0.25) is 0 Å². The highest BCUT2D eigenvalue weighted by molar-refractivity contribution is 7.90. The molecule has 0 bridgehead atoms. The summed E-state index contributed by atoms with van der Waals surface area (Å²) >= 11 is 0. The zero-order valence-electron chi connectivity index (χ0n) is 49.3. The molecule has 9 N–H and O–H groups in total. The number of imide groups is 1. The average Bonchev–Trinajstić information content (AvgIpc) is 3.76. The van der Waals surface area contributed by atoms with Gasteiger partial charge in [-0.25, -0.2) is 17.9 Å². The van der Waals surface area contributed by atoms with Crippen molar-refractivity contribution in [2.24, 2.45) is 23.0 Å². The molecule has 1 heterocycles. The fourth-order valence-electron chi connectivity index (χ4n) is 8.71. The van der Waals surface area contributed by atoms with Gasteiger partial charge in [-0.05, 0) is 73.9 Å². The molecule has 24 nitrogen and oxygen atoms in total. The van der Waals surface area contributed by atoms with Gasteiger partial charge in [0.2, 0.25) is 29.5 Å². The second-order valence-corrected chi connectivity index (χ2v) is 23.8. The van der Waals surface area contributed by atoms with Crippen LogP contribution in [0.1, 0.15) is 94.1 Å². The van der Waals surface area contributed by atoms with Crippen LogP contribution in [0, 0.1) is 17.3 Å². The standard InChI is InChI=1S/C57H86N10O14S/c1-36(2)43(66(12)54(75)49(56(6,7)8)64-53(74)48(59-11)57(9,10)39-17-14-13-15-18-39)35-38(5)50(71)65-82(77,78)41-22-20-40(21-23-41)61-51(72)42(19-16-27-60-55(58)76)62-52(73)47(37(3)4)63-44(68)26-29-79-31-33-81-34-32-80-30-28-67-45(69)24-25-46(67)70/h13-15,17-18,20-25,35-37,42-43,47-49,59H,16,19,26-34H2,1-12H3,(H,61,72)(H,62,73)(H,63,68)(H,64,74)(H,65,71)(H3,58,60,76). The van der Waals surface area contributed by atoms with Crippen LogP contribution in [0.15, 0.2) is 83.3 Å². The molecule has 0 radical (unpaired) electrons. The fraction of sp³-hybridized carbons (Fsp3) is 0.561. The molecule has 2 aromatic rings. The first-order valence-corrected chi connectivity index (χ1v) is 28.8. The van der Waals surface area contributed by atoms with Crippen molar-refractivity contribution < 1.29 is 65.8 Å². The minimum atomic E-state index is -4.49. The highest BCUT2D eigenvalue weighted by Crippen LogP contribution is 2.29. The molecule has 2 aromatic carbocycles. The van der Waals surface area contributed by atoms with Crippen molar-refractivity contribution in [2.45, 2.75) is 129 Å². The Morgan fingerprint density at radius 1 is 0.732 bits per heavy atom. The summed E-state index contributed by atoms with van der Waals surface area (Å²) < 4.78 is 45.6. The Morgan fingerprint density at radius 3 is 1.84 bits per heavy atom. The number of primary amides is 1. The summed E-state index contributed by atoms with van der Waals surface area (Å²) in [6.45, 7) is 19.1. The van der Waals surface area contributed by atoms with Gasteiger partial charge in [-0.3, -0.25) is 43.3 Å². The fourth-order valence-corrected chi connectivity index (χ4v) is 9.73. The Labute approximate surface area is 482 Å². The van der Waals surface area contributed by atoms with Gasteiger partial charge in [0.05, 0.1) is 63.2 Å². The lowest BCUT2D eigenvalue weighted by molar-refractivity contribution is -0.141. The van der Waals surface area contributed by atoms with E-state index in [2.05, 4.69) is 36.6 Å². The molecule has 454 valence electrons. The number of carbonyl (C=O) groups excluding carboxylic acids is 9. The van der Waals surface area contributed by atoms with Crippen LogP contribution in [-0.2, 0) is 68.0 Å². The third-order valence-electron chi connectivity index (χ3n) is 13.6. The number of nitrogens with one attached hydrogen (secondary N) is 7. The Hall–Kier alpha value is -7.06. The van der Waals surface area contributed by atoms with Crippen molar-refractivity contribution >= 4 is 69.0 Å². The number of amides is 10. The molecule has 0 saturated heterocycles. The van der Waals surface area contributed by atoms with Crippen LogP contribution in [0.25, 0.3) is 0 Å². The van der Waals surface area contributed by atoms with Crippen molar-refractivity contribution in [3.05, 3.63) is 84.0 Å². The lowest BCUT2D eigenvalue weighted by atomic mass is 9.76. The van der Waals surface area contributed by atoms with E-state index in [-0.39, 0.29) is 112 Å². The van der Waals surface area contributed by atoms with Gasteiger partial charge < -0.3 is 56.7 Å². The number of ether oxygens (including phenoxy) is 3. The van der Waals surface area contributed by atoms with Gasteiger partial charge in [-0.2, -0.15) is 0 Å². The Balaban J connectivity index is 1.62. The number of carbonyl (C=O) groups is 9. The summed E-state index contributed by atoms with van der Waals surface area (Å²) in [5.41, 5.74) is 4.86. The minimum Gasteiger partial charge on any atom is -0.379 e. The predicted molar refractivity (Wildman–Crippen MR) is 308 cm³/mol. The molecule has 25 heteroatoms. The van der Waals surface area contributed by atoms with E-state index >= 15 is 0 Å². The molecule has 82 heavy (non-hydrogen) atoms. The Morgan fingerprint density at radius 2 is 1.30 bits per heavy atom. The van der Waals surface area contributed by atoms with Crippen LogP contribution in [0.5, 0.6) is 0 Å². The van der Waals surface area contributed by atoms with Crippen molar-refractivity contribution in [3.8, 4) is 0 Å². The van der Waals surface area contributed by atoms with Gasteiger partial charge in [0.25, 0.3) is 27.7 Å². The second-order valence-electron chi connectivity index (χ2n) is 22.1. The average molecular weight is 1170 g/mol. The van der Waals surface area contributed by atoms with Gasteiger partial charge in [-0.15, -0.1) is 0 Å². The van der Waals surface area contributed by atoms with Crippen LogP contribution >= 0.6 is 0 Å². The summed E-state index contributed by atoms with van der Waals surface area (Å²) in [5, 5.41) is 16.6. The Bertz CT molecular complexity index is 2670. The van der Waals surface area contributed by atoms with E-state index in [4.69, 9.17) is 19.9 Å².